The van der Waals surface area contributed by atoms with E-state index in [4.69, 9.17) is 22.4 Å². The second kappa shape index (κ2) is 9.02. The van der Waals surface area contributed by atoms with E-state index >= 15 is 0 Å². The predicted octanol–water partition coefficient (Wildman–Crippen LogP) is 3.32. The number of hydrogen-bond donors (Lipinski definition) is 0. The van der Waals surface area contributed by atoms with Gasteiger partial charge >= 0.3 is 15.0 Å². The monoisotopic (exact) mass is 360 g/mol. The Labute approximate surface area is 148 Å². The van der Waals surface area contributed by atoms with E-state index in [2.05, 4.69) is 6.58 Å². The fourth-order valence-corrected chi connectivity index (χ4v) is 3.26. The molecule has 0 aliphatic carbocycles. The number of carbonyl (C=O) groups is 1. The first-order valence-corrected chi connectivity index (χ1v) is 9.18. The molecule has 0 amide bonds. The van der Waals surface area contributed by atoms with Crippen LogP contribution in [0.15, 0.2) is 72.8 Å². The van der Waals surface area contributed by atoms with Crippen molar-refractivity contribution in [2.45, 2.75) is 6.92 Å². The molecule has 0 saturated carbocycles. The molecule has 0 N–H and O–H groups in total. The number of hydrogen-bond acceptors (Lipinski definition) is 6. The maximum absolute atomic E-state index is 11.5. The van der Waals surface area contributed by atoms with E-state index in [0.29, 0.717) is 11.5 Å². The van der Waals surface area contributed by atoms with Gasteiger partial charge in [0.1, 0.15) is 11.5 Å². The zero-order valence-electron chi connectivity index (χ0n) is 14.1. The van der Waals surface area contributed by atoms with Gasteiger partial charge in [0.05, 0.1) is 0 Å². The van der Waals surface area contributed by atoms with Gasteiger partial charge in [-0.1, -0.05) is 43.0 Å². The van der Waals surface area contributed by atoms with Crippen molar-refractivity contribution in [3.63, 3.8) is 0 Å². The first-order valence-electron chi connectivity index (χ1n) is 7.54. The standard InChI is InChI=1S/C18H20O6Si/c1-15(2)18(19)21-14-22-25(20-3,23-16-10-6-4-7-11-16)24-17-12-8-5-9-13-17/h4-13H,1,14H2,2-3H3. The van der Waals surface area contributed by atoms with E-state index < -0.39 is 15.0 Å². The van der Waals surface area contributed by atoms with Gasteiger partial charge in [-0.3, -0.25) is 4.43 Å². The summed E-state index contributed by atoms with van der Waals surface area (Å²) in [6.45, 7) is 4.68. The van der Waals surface area contributed by atoms with Crippen molar-refractivity contribution >= 4 is 15.0 Å². The largest absolute Gasteiger partial charge is 0.823 e. The lowest BCUT2D eigenvalue weighted by molar-refractivity contribution is -0.148. The highest BCUT2D eigenvalue weighted by Crippen LogP contribution is 2.21. The first-order chi connectivity index (χ1) is 12.0. The highest BCUT2D eigenvalue weighted by atomic mass is 28.4. The number of carbonyl (C=O) groups excluding carboxylic acids is 1. The van der Waals surface area contributed by atoms with Gasteiger partial charge in [-0.15, -0.1) is 0 Å². The van der Waals surface area contributed by atoms with Gasteiger partial charge in [-0.05, 0) is 31.2 Å². The zero-order valence-corrected chi connectivity index (χ0v) is 15.1. The Balaban J connectivity index is 2.15. The molecule has 0 heterocycles. The van der Waals surface area contributed by atoms with E-state index in [1.807, 2.05) is 36.4 Å². The quantitative estimate of drug-likeness (QED) is 0.296. The lowest BCUT2D eigenvalue weighted by Gasteiger charge is -2.26. The Morgan fingerprint density at radius 1 is 0.960 bits per heavy atom. The number of esters is 1. The van der Waals surface area contributed by atoms with Crippen LogP contribution < -0.4 is 8.85 Å². The molecule has 132 valence electrons. The summed E-state index contributed by atoms with van der Waals surface area (Å²) in [6, 6.07) is 18.0. The van der Waals surface area contributed by atoms with Gasteiger partial charge in [-0.25, -0.2) is 4.79 Å². The second-order valence-corrected chi connectivity index (χ2v) is 7.11. The van der Waals surface area contributed by atoms with Gasteiger partial charge in [0.25, 0.3) is 0 Å². The van der Waals surface area contributed by atoms with Crippen LogP contribution in [0, 0.1) is 0 Å². The SMILES string of the molecule is C=C(C)C(=O)OCO[Si](OC)(Oc1ccccc1)Oc1ccccc1. The van der Waals surface area contributed by atoms with Crippen LogP contribution in [-0.4, -0.2) is 28.9 Å². The summed E-state index contributed by atoms with van der Waals surface area (Å²) in [5, 5.41) is 0. The molecule has 0 bridgehead atoms. The minimum atomic E-state index is -3.66. The molecule has 0 radical (unpaired) electrons. The molecule has 0 aromatic heterocycles. The Hall–Kier alpha value is -2.61. The minimum absolute atomic E-state index is 0.265. The highest BCUT2D eigenvalue weighted by Gasteiger charge is 2.51. The Bertz CT molecular complexity index is 648. The molecule has 2 rings (SSSR count). The van der Waals surface area contributed by atoms with E-state index in [-0.39, 0.29) is 12.4 Å². The molecule has 2 aromatic rings. The molecular weight excluding hydrogens is 340 g/mol. The van der Waals surface area contributed by atoms with Crippen molar-refractivity contribution in [3.8, 4) is 11.5 Å². The number of para-hydroxylation sites is 2. The maximum atomic E-state index is 11.5. The van der Waals surface area contributed by atoms with Crippen LogP contribution >= 0.6 is 0 Å². The van der Waals surface area contributed by atoms with Crippen molar-refractivity contribution in [1.82, 2.24) is 0 Å². The molecule has 0 unspecified atom stereocenters. The predicted molar refractivity (Wildman–Crippen MR) is 93.8 cm³/mol. The Morgan fingerprint density at radius 3 is 1.84 bits per heavy atom. The topological polar surface area (TPSA) is 63.2 Å². The number of ether oxygens (including phenoxy) is 1. The van der Waals surface area contributed by atoms with E-state index in [0.717, 1.165) is 0 Å². The van der Waals surface area contributed by atoms with Crippen LogP contribution in [0.1, 0.15) is 6.92 Å². The second-order valence-electron chi connectivity index (χ2n) is 5.01. The van der Waals surface area contributed by atoms with Crippen LogP contribution in [-0.2, 0) is 18.4 Å². The zero-order chi connectivity index (χ0) is 18.1. The average molecular weight is 360 g/mol. The van der Waals surface area contributed by atoms with Gasteiger partial charge in [0.15, 0.2) is 6.79 Å². The molecule has 0 atom stereocenters. The highest BCUT2D eigenvalue weighted by molar-refractivity contribution is 6.55. The minimum Gasteiger partial charge on any atom is -0.471 e. The summed E-state index contributed by atoms with van der Waals surface area (Å²) in [6.07, 6.45) is 0. The third kappa shape index (κ3) is 5.75. The van der Waals surface area contributed by atoms with Gasteiger partial charge < -0.3 is 18.0 Å². The number of rotatable bonds is 9. The molecule has 25 heavy (non-hydrogen) atoms. The summed E-state index contributed by atoms with van der Waals surface area (Å²) in [5.41, 5.74) is 0.265. The molecule has 0 spiro atoms. The van der Waals surface area contributed by atoms with Gasteiger partial charge in [0.2, 0.25) is 0 Å². The average Bonchev–Trinajstić information content (AvgIpc) is 2.63. The number of benzene rings is 2. The van der Waals surface area contributed by atoms with Crippen molar-refractivity contribution in [3.05, 3.63) is 72.8 Å². The van der Waals surface area contributed by atoms with E-state index in [1.165, 1.54) is 7.11 Å². The molecule has 0 saturated heterocycles. The van der Waals surface area contributed by atoms with Crippen LogP contribution in [0.2, 0.25) is 0 Å². The first kappa shape index (κ1) is 18.7. The molecule has 0 fully saturated rings. The van der Waals surface area contributed by atoms with E-state index in [1.54, 1.807) is 31.2 Å². The Kier molecular flexibility index (Phi) is 6.76. The molecule has 6 nitrogen and oxygen atoms in total. The van der Waals surface area contributed by atoms with Crippen LogP contribution in [0.3, 0.4) is 0 Å². The fraction of sp³-hybridized carbons (Fsp3) is 0.167. The van der Waals surface area contributed by atoms with Gasteiger partial charge in [-0.2, -0.15) is 0 Å². The normalized spacial score (nSPS) is 10.8. The molecule has 7 heteroatoms. The summed E-state index contributed by atoms with van der Waals surface area (Å²) >= 11 is 0. The smallest absolute Gasteiger partial charge is 0.471 e. The third-order valence-electron chi connectivity index (χ3n) is 3.00. The van der Waals surface area contributed by atoms with Crippen molar-refractivity contribution in [2.75, 3.05) is 13.9 Å². The fourth-order valence-electron chi connectivity index (χ4n) is 1.77. The Morgan fingerprint density at radius 2 is 1.44 bits per heavy atom. The van der Waals surface area contributed by atoms with Crippen LogP contribution in [0.4, 0.5) is 0 Å². The summed E-state index contributed by atoms with van der Waals surface area (Å²) in [4.78, 5) is 11.5. The summed E-state index contributed by atoms with van der Waals surface area (Å²) in [7, 11) is -2.24. The molecule has 2 aromatic carbocycles. The molecule has 0 aliphatic heterocycles. The summed E-state index contributed by atoms with van der Waals surface area (Å²) in [5.74, 6) is 0.453. The van der Waals surface area contributed by atoms with Crippen molar-refractivity contribution in [1.29, 1.82) is 0 Å². The van der Waals surface area contributed by atoms with Crippen LogP contribution in [0.25, 0.3) is 0 Å². The van der Waals surface area contributed by atoms with Crippen molar-refractivity contribution < 1.29 is 27.2 Å². The third-order valence-corrected chi connectivity index (χ3v) is 4.94. The van der Waals surface area contributed by atoms with E-state index in [9.17, 15) is 4.79 Å². The van der Waals surface area contributed by atoms with Crippen molar-refractivity contribution in [2.24, 2.45) is 0 Å². The molecule has 0 aliphatic rings. The molecular formula is C18H20O6Si. The lowest BCUT2D eigenvalue weighted by atomic mass is 10.3. The lowest BCUT2D eigenvalue weighted by Crippen LogP contribution is -2.54. The van der Waals surface area contributed by atoms with Gasteiger partial charge in [0, 0.05) is 12.7 Å². The maximum Gasteiger partial charge on any atom is 0.823 e. The summed E-state index contributed by atoms with van der Waals surface area (Å²) < 4.78 is 27.7. The van der Waals surface area contributed by atoms with Crippen LogP contribution in [0.5, 0.6) is 11.5 Å².